The van der Waals surface area contributed by atoms with E-state index in [-0.39, 0.29) is 17.5 Å². The molecule has 0 amide bonds. The fourth-order valence-corrected chi connectivity index (χ4v) is 3.50. The van der Waals surface area contributed by atoms with Crippen molar-refractivity contribution in [2.75, 3.05) is 24.6 Å². The molecule has 0 bridgehead atoms. The van der Waals surface area contributed by atoms with Crippen LogP contribution in [0.15, 0.2) is 29.2 Å². The minimum absolute atomic E-state index is 0.136. The molecule has 1 aromatic carbocycles. The quantitative estimate of drug-likeness (QED) is 0.844. The first-order chi connectivity index (χ1) is 9.08. The summed E-state index contributed by atoms with van der Waals surface area (Å²) in [5.41, 5.74) is 0.965. The summed E-state index contributed by atoms with van der Waals surface area (Å²) in [4.78, 5) is 2.40. The van der Waals surface area contributed by atoms with Crippen molar-refractivity contribution in [3.8, 4) is 0 Å². The van der Waals surface area contributed by atoms with Gasteiger partial charge in [-0.05, 0) is 37.1 Å². The lowest BCUT2D eigenvalue weighted by molar-refractivity contribution is 0.266. The maximum Gasteiger partial charge on any atom is 0.240 e. The minimum atomic E-state index is -3.39. The van der Waals surface area contributed by atoms with E-state index >= 15 is 0 Å². The summed E-state index contributed by atoms with van der Waals surface area (Å²) in [6, 6.07) is 6.98. The standard InChI is InChI=1S/C13H20N2O3S/c1-2-14-19(17,18)13-7-5-11(6-8-13)15-9-3-4-12(15)10-16/h5-8,12,14,16H,2-4,9-10H2,1H3. The van der Waals surface area contributed by atoms with Crippen molar-refractivity contribution >= 4 is 15.7 Å². The predicted molar refractivity (Wildman–Crippen MR) is 74.8 cm³/mol. The first kappa shape index (κ1) is 14.3. The van der Waals surface area contributed by atoms with Gasteiger partial charge in [0.15, 0.2) is 0 Å². The van der Waals surface area contributed by atoms with Gasteiger partial charge in [-0.15, -0.1) is 0 Å². The van der Waals surface area contributed by atoms with Crippen LogP contribution in [-0.4, -0.2) is 39.3 Å². The highest BCUT2D eigenvalue weighted by atomic mass is 32.2. The molecule has 1 atom stereocenters. The molecule has 2 rings (SSSR count). The fraction of sp³-hybridized carbons (Fsp3) is 0.538. The molecule has 1 aromatic rings. The van der Waals surface area contributed by atoms with Crippen LogP contribution in [0.2, 0.25) is 0 Å². The Balaban J connectivity index is 2.19. The number of rotatable bonds is 5. The Morgan fingerprint density at radius 2 is 2.05 bits per heavy atom. The van der Waals surface area contributed by atoms with Crippen LogP contribution in [0.1, 0.15) is 19.8 Å². The molecule has 0 aliphatic carbocycles. The average molecular weight is 284 g/mol. The third kappa shape index (κ3) is 3.08. The van der Waals surface area contributed by atoms with Crippen molar-refractivity contribution in [3.05, 3.63) is 24.3 Å². The van der Waals surface area contributed by atoms with Crippen LogP contribution >= 0.6 is 0 Å². The lowest BCUT2D eigenvalue weighted by atomic mass is 10.2. The zero-order chi connectivity index (χ0) is 13.9. The first-order valence-electron chi connectivity index (χ1n) is 6.55. The van der Waals surface area contributed by atoms with Gasteiger partial charge in [0.1, 0.15) is 0 Å². The van der Waals surface area contributed by atoms with E-state index in [0.29, 0.717) is 6.54 Å². The van der Waals surface area contributed by atoms with Crippen molar-refractivity contribution in [1.29, 1.82) is 0 Å². The van der Waals surface area contributed by atoms with E-state index in [2.05, 4.69) is 9.62 Å². The normalized spacial score (nSPS) is 19.9. The molecule has 0 spiro atoms. The van der Waals surface area contributed by atoms with E-state index in [1.165, 1.54) is 0 Å². The Hall–Kier alpha value is -1.11. The summed E-state index contributed by atoms with van der Waals surface area (Å²) >= 11 is 0. The van der Waals surface area contributed by atoms with Gasteiger partial charge >= 0.3 is 0 Å². The van der Waals surface area contributed by atoms with Crippen LogP contribution in [-0.2, 0) is 10.0 Å². The van der Waals surface area contributed by atoms with Crippen molar-refractivity contribution in [2.45, 2.75) is 30.7 Å². The molecule has 2 N–H and O–H groups in total. The second kappa shape index (κ2) is 5.90. The summed E-state index contributed by atoms with van der Waals surface area (Å²) in [7, 11) is -3.39. The summed E-state index contributed by atoms with van der Waals surface area (Å²) < 4.78 is 26.1. The van der Waals surface area contributed by atoms with E-state index in [1.807, 2.05) is 0 Å². The van der Waals surface area contributed by atoms with E-state index in [9.17, 15) is 13.5 Å². The summed E-state index contributed by atoms with van der Waals surface area (Å²) in [6.07, 6.45) is 2.04. The highest BCUT2D eigenvalue weighted by Crippen LogP contribution is 2.26. The maximum absolute atomic E-state index is 11.8. The third-order valence-corrected chi connectivity index (χ3v) is 4.96. The number of nitrogens with zero attached hydrogens (tertiary/aromatic N) is 1. The molecule has 19 heavy (non-hydrogen) atoms. The van der Waals surface area contributed by atoms with Crippen LogP contribution in [0.4, 0.5) is 5.69 Å². The van der Waals surface area contributed by atoms with Crippen molar-refractivity contribution < 1.29 is 13.5 Å². The minimum Gasteiger partial charge on any atom is -0.394 e. The van der Waals surface area contributed by atoms with Crippen LogP contribution in [0.25, 0.3) is 0 Å². The second-order valence-electron chi connectivity index (χ2n) is 4.67. The van der Waals surface area contributed by atoms with Gasteiger partial charge in [-0.1, -0.05) is 6.92 Å². The van der Waals surface area contributed by atoms with Gasteiger partial charge in [0, 0.05) is 18.8 Å². The molecule has 0 aromatic heterocycles. The maximum atomic E-state index is 11.8. The van der Waals surface area contributed by atoms with Gasteiger partial charge < -0.3 is 10.0 Å². The molecule has 1 aliphatic rings. The molecule has 1 heterocycles. The molecule has 1 fully saturated rings. The van der Waals surface area contributed by atoms with E-state index in [4.69, 9.17) is 0 Å². The van der Waals surface area contributed by atoms with Gasteiger partial charge in [-0.2, -0.15) is 0 Å². The highest BCUT2D eigenvalue weighted by molar-refractivity contribution is 7.89. The third-order valence-electron chi connectivity index (χ3n) is 3.40. The van der Waals surface area contributed by atoms with Gasteiger partial charge in [0.25, 0.3) is 0 Å². The molecule has 0 saturated carbocycles. The van der Waals surface area contributed by atoms with E-state index < -0.39 is 10.0 Å². The highest BCUT2D eigenvalue weighted by Gasteiger charge is 2.24. The summed E-state index contributed by atoms with van der Waals surface area (Å²) in [5.74, 6) is 0. The molecule has 1 aliphatic heterocycles. The van der Waals surface area contributed by atoms with Crippen LogP contribution in [0.5, 0.6) is 0 Å². The zero-order valence-electron chi connectivity index (χ0n) is 11.0. The lowest BCUT2D eigenvalue weighted by Crippen LogP contribution is -2.32. The number of hydrogen-bond donors (Lipinski definition) is 2. The van der Waals surface area contributed by atoms with Gasteiger partial charge in [-0.25, -0.2) is 13.1 Å². The lowest BCUT2D eigenvalue weighted by Gasteiger charge is -2.25. The molecule has 106 valence electrons. The fourth-order valence-electron chi connectivity index (χ4n) is 2.46. The van der Waals surface area contributed by atoms with Gasteiger partial charge in [0.05, 0.1) is 17.5 Å². The SMILES string of the molecule is CCNS(=O)(=O)c1ccc(N2CCCC2CO)cc1. The predicted octanol–water partition coefficient (Wildman–Crippen LogP) is 0.946. The number of benzene rings is 1. The van der Waals surface area contributed by atoms with Crippen molar-refractivity contribution in [3.63, 3.8) is 0 Å². The average Bonchev–Trinajstić information content (AvgIpc) is 2.87. The molecular weight excluding hydrogens is 264 g/mol. The van der Waals surface area contributed by atoms with Gasteiger partial charge in [0.2, 0.25) is 10.0 Å². The summed E-state index contributed by atoms with van der Waals surface area (Å²) in [6.45, 7) is 3.17. The monoisotopic (exact) mass is 284 g/mol. The van der Waals surface area contributed by atoms with E-state index in [1.54, 1.807) is 31.2 Å². The number of hydrogen-bond acceptors (Lipinski definition) is 4. The molecule has 5 nitrogen and oxygen atoms in total. The van der Waals surface area contributed by atoms with Crippen LogP contribution in [0, 0.1) is 0 Å². The smallest absolute Gasteiger partial charge is 0.240 e. The number of aliphatic hydroxyl groups excluding tert-OH is 1. The van der Waals surface area contributed by atoms with Crippen molar-refractivity contribution in [1.82, 2.24) is 4.72 Å². The molecule has 6 heteroatoms. The van der Waals surface area contributed by atoms with Gasteiger partial charge in [-0.3, -0.25) is 0 Å². The van der Waals surface area contributed by atoms with Crippen molar-refractivity contribution in [2.24, 2.45) is 0 Å². The van der Waals surface area contributed by atoms with Crippen LogP contribution in [0.3, 0.4) is 0 Å². The topological polar surface area (TPSA) is 69.6 Å². The largest absolute Gasteiger partial charge is 0.394 e. The van der Waals surface area contributed by atoms with E-state index in [0.717, 1.165) is 25.1 Å². The first-order valence-corrected chi connectivity index (χ1v) is 8.04. The number of aliphatic hydroxyl groups is 1. The second-order valence-corrected chi connectivity index (χ2v) is 6.43. The molecule has 1 saturated heterocycles. The Morgan fingerprint density at radius 3 is 2.63 bits per heavy atom. The van der Waals surface area contributed by atoms with Crippen LogP contribution < -0.4 is 9.62 Å². The molecule has 1 unspecified atom stereocenters. The Kier molecular flexibility index (Phi) is 4.44. The number of nitrogens with one attached hydrogen (secondary N) is 1. The summed E-state index contributed by atoms with van der Waals surface area (Å²) in [5, 5.41) is 9.30. The number of anilines is 1. The molecular formula is C13H20N2O3S. The zero-order valence-corrected chi connectivity index (χ0v) is 11.9. The Labute approximate surface area is 114 Å². The Bertz CT molecular complexity index is 513. The molecule has 0 radical (unpaired) electrons. The number of sulfonamides is 1. The Morgan fingerprint density at radius 1 is 1.37 bits per heavy atom.